The quantitative estimate of drug-likeness (QED) is 0.516. The predicted molar refractivity (Wildman–Crippen MR) is 98.7 cm³/mol. The maximum absolute atomic E-state index is 12.9. The maximum atomic E-state index is 12.9. The maximum Gasteiger partial charge on any atom is 0.195 e. The highest BCUT2D eigenvalue weighted by Crippen LogP contribution is 2.20. The molecular formula is C17H14ClN5OS. The molecule has 0 unspecified atom stereocenters. The standard InChI is InChI=1S/C17H14ClN5OS/c1-2-22-7-5-19-14(22)9-11-10-23(17-20-6-8-25-17)16-12(15(11)24)3-4-13(18)21-16/h3-8,10H,2,9H2,1H3. The minimum atomic E-state index is -0.0578. The Labute approximate surface area is 152 Å². The van der Waals surface area contributed by atoms with Crippen LogP contribution >= 0.6 is 22.9 Å². The molecule has 0 saturated carbocycles. The van der Waals surface area contributed by atoms with E-state index in [0.29, 0.717) is 28.2 Å². The van der Waals surface area contributed by atoms with Crippen molar-refractivity contribution < 1.29 is 0 Å². The van der Waals surface area contributed by atoms with E-state index in [-0.39, 0.29) is 5.43 Å². The summed E-state index contributed by atoms with van der Waals surface area (Å²) in [5.74, 6) is 0.853. The van der Waals surface area contributed by atoms with Gasteiger partial charge in [0.1, 0.15) is 11.0 Å². The number of fused-ring (bicyclic) bond motifs is 1. The summed E-state index contributed by atoms with van der Waals surface area (Å²) in [7, 11) is 0. The summed E-state index contributed by atoms with van der Waals surface area (Å²) in [5.41, 5.74) is 1.10. The molecule has 0 bridgehead atoms. The van der Waals surface area contributed by atoms with Crippen molar-refractivity contribution in [3.05, 3.63) is 69.1 Å². The van der Waals surface area contributed by atoms with E-state index in [2.05, 4.69) is 15.0 Å². The number of rotatable bonds is 4. The molecule has 0 atom stereocenters. The minimum Gasteiger partial charge on any atom is -0.335 e. The van der Waals surface area contributed by atoms with Crippen molar-refractivity contribution in [3.8, 4) is 5.13 Å². The molecule has 4 rings (SSSR count). The molecule has 25 heavy (non-hydrogen) atoms. The minimum absolute atomic E-state index is 0.0578. The fourth-order valence-corrected chi connectivity index (χ4v) is 3.57. The van der Waals surface area contributed by atoms with Crippen LogP contribution in [-0.2, 0) is 13.0 Å². The second kappa shape index (κ2) is 6.42. The van der Waals surface area contributed by atoms with Crippen LogP contribution in [0.4, 0.5) is 0 Å². The lowest BCUT2D eigenvalue weighted by atomic mass is 10.1. The molecule has 126 valence electrons. The smallest absolute Gasteiger partial charge is 0.195 e. The Bertz CT molecular complexity index is 1100. The van der Waals surface area contributed by atoms with Crippen LogP contribution in [0.3, 0.4) is 0 Å². The molecule has 0 N–H and O–H groups in total. The summed E-state index contributed by atoms with van der Waals surface area (Å²) in [6.07, 6.45) is 7.63. The summed E-state index contributed by atoms with van der Waals surface area (Å²) in [6.45, 7) is 2.85. The Morgan fingerprint density at radius 2 is 2.12 bits per heavy atom. The Kier molecular flexibility index (Phi) is 4.10. The van der Waals surface area contributed by atoms with Gasteiger partial charge in [-0.15, -0.1) is 11.3 Å². The number of pyridine rings is 2. The average molecular weight is 372 g/mol. The van der Waals surface area contributed by atoms with E-state index in [1.165, 1.54) is 11.3 Å². The number of thiazole rings is 1. The van der Waals surface area contributed by atoms with Crippen LogP contribution in [0, 0.1) is 0 Å². The van der Waals surface area contributed by atoms with Crippen LogP contribution in [0.2, 0.25) is 5.15 Å². The summed E-state index contributed by atoms with van der Waals surface area (Å²) in [6, 6.07) is 3.35. The number of imidazole rings is 1. The zero-order chi connectivity index (χ0) is 17.4. The highest BCUT2D eigenvalue weighted by atomic mass is 35.5. The van der Waals surface area contributed by atoms with Crippen molar-refractivity contribution in [1.29, 1.82) is 0 Å². The number of hydrogen-bond donors (Lipinski definition) is 0. The first-order chi connectivity index (χ1) is 12.2. The molecule has 0 fully saturated rings. The van der Waals surface area contributed by atoms with Gasteiger partial charge >= 0.3 is 0 Å². The average Bonchev–Trinajstić information content (AvgIpc) is 3.28. The molecule has 0 spiro atoms. The Balaban J connectivity index is 1.95. The molecule has 0 amide bonds. The van der Waals surface area contributed by atoms with Crippen LogP contribution in [0.15, 0.2) is 47.1 Å². The first kappa shape index (κ1) is 16.0. The van der Waals surface area contributed by atoms with E-state index in [1.807, 2.05) is 27.6 Å². The largest absolute Gasteiger partial charge is 0.335 e. The second-order valence-electron chi connectivity index (χ2n) is 5.48. The van der Waals surface area contributed by atoms with Crippen LogP contribution in [0.5, 0.6) is 0 Å². The first-order valence-electron chi connectivity index (χ1n) is 7.78. The van der Waals surface area contributed by atoms with Crippen molar-refractivity contribution in [2.45, 2.75) is 19.9 Å². The van der Waals surface area contributed by atoms with Crippen molar-refractivity contribution in [3.63, 3.8) is 0 Å². The molecule has 0 aromatic carbocycles. The van der Waals surface area contributed by atoms with Gasteiger partial charge < -0.3 is 4.57 Å². The fourth-order valence-electron chi connectivity index (χ4n) is 2.81. The van der Waals surface area contributed by atoms with Crippen LogP contribution in [-0.4, -0.2) is 24.1 Å². The Morgan fingerprint density at radius 3 is 2.88 bits per heavy atom. The summed E-state index contributed by atoms with van der Waals surface area (Å²) >= 11 is 7.51. The Morgan fingerprint density at radius 1 is 1.24 bits per heavy atom. The van der Waals surface area contributed by atoms with E-state index in [1.54, 1.807) is 30.7 Å². The second-order valence-corrected chi connectivity index (χ2v) is 6.74. The first-order valence-corrected chi connectivity index (χ1v) is 9.04. The lowest BCUT2D eigenvalue weighted by Gasteiger charge is -2.11. The monoisotopic (exact) mass is 371 g/mol. The van der Waals surface area contributed by atoms with Gasteiger partial charge in [0.25, 0.3) is 0 Å². The van der Waals surface area contributed by atoms with Crippen LogP contribution in [0.25, 0.3) is 16.2 Å². The van der Waals surface area contributed by atoms with Gasteiger partial charge in [0.2, 0.25) is 0 Å². The molecule has 0 aliphatic heterocycles. The van der Waals surface area contributed by atoms with Gasteiger partial charge in [0.05, 0.1) is 5.39 Å². The zero-order valence-electron chi connectivity index (χ0n) is 13.4. The van der Waals surface area contributed by atoms with Gasteiger partial charge in [-0.05, 0) is 19.1 Å². The van der Waals surface area contributed by atoms with E-state index >= 15 is 0 Å². The van der Waals surface area contributed by atoms with E-state index in [0.717, 1.165) is 17.5 Å². The molecule has 0 aliphatic rings. The molecular weight excluding hydrogens is 358 g/mol. The van der Waals surface area contributed by atoms with Gasteiger partial charge in [-0.25, -0.2) is 15.0 Å². The number of hydrogen-bond acceptors (Lipinski definition) is 5. The van der Waals surface area contributed by atoms with Crippen LogP contribution in [0.1, 0.15) is 18.3 Å². The van der Waals surface area contributed by atoms with Gasteiger partial charge in [-0.1, -0.05) is 11.6 Å². The summed E-state index contributed by atoms with van der Waals surface area (Å²) < 4.78 is 3.85. The highest BCUT2D eigenvalue weighted by Gasteiger charge is 2.15. The van der Waals surface area contributed by atoms with Crippen molar-refractivity contribution in [2.24, 2.45) is 0 Å². The fraction of sp³-hybridized carbons (Fsp3) is 0.176. The van der Waals surface area contributed by atoms with Gasteiger partial charge in [-0.3, -0.25) is 9.36 Å². The SMILES string of the molecule is CCn1ccnc1Cc1cn(-c2nccs2)c2nc(Cl)ccc2c1=O. The summed E-state index contributed by atoms with van der Waals surface area (Å²) in [4.78, 5) is 26.0. The van der Waals surface area contributed by atoms with Gasteiger partial charge in [-0.2, -0.15) is 0 Å². The third-order valence-corrected chi connectivity index (χ3v) is 4.99. The van der Waals surface area contributed by atoms with E-state index < -0.39 is 0 Å². The molecule has 8 heteroatoms. The topological polar surface area (TPSA) is 65.6 Å². The third kappa shape index (κ3) is 2.85. The summed E-state index contributed by atoms with van der Waals surface area (Å²) in [5, 5.41) is 3.48. The van der Waals surface area contributed by atoms with Crippen LogP contribution < -0.4 is 5.43 Å². The van der Waals surface area contributed by atoms with Gasteiger partial charge in [0.15, 0.2) is 16.2 Å². The number of aromatic nitrogens is 5. The number of aryl methyl sites for hydroxylation is 1. The van der Waals surface area contributed by atoms with Gasteiger partial charge in [0, 0.05) is 48.7 Å². The van der Waals surface area contributed by atoms with Crippen molar-refractivity contribution >= 4 is 34.0 Å². The molecule has 0 radical (unpaired) electrons. The van der Waals surface area contributed by atoms with E-state index in [9.17, 15) is 4.79 Å². The predicted octanol–water partition coefficient (Wildman–Crippen LogP) is 3.30. The van der Waals surface area contributed by atoms with Crippen molar-refractivity contribution in [1.82, 2.24) is 24.1 Å². The van der Waals surface area contributed by atoms with Crippen molar-refractivity contribution in [2.75, 3.05) is 0 Å². The molecule has 4 aromatic rings. The normalized spacial score (nSPS) is 11.3. The molecule has 6 nitrogen and oxygen atoms in total. The molecule has 0 aliphatic carbocycles. The third-order valence-electron chi connectivity index (χ3n) is 4.01. The number of halogens is 1. The Hall–Kier alpha value is -2.51. The number of nitrogens with zero attached hydrogens (tertiary/aromatic N) is 5. The molecule has 4 aromatic heterocycles. The zero-order valence-corrected chi connectivity index (χ0v) is 15.0. The highest BCUT2D eigenvalue weighted by molar-refractivity contribution is 7.12. The molecule has 4 heterocycles. The lowest BCUT2D eigenvalue weighted by molar-refractivity contribution is 0.710. The van der Waals surface area contributed by atoms with E-state index in [4.69, 9.17) is 11.6 Å². The lowest BCUT2D eigenvalue weighted by Crippen LogP contribution is -2.17. The molecule has 0 saturated heterocycles.